The standard InChI is InChI=1S/C19H20FN3O4/c1-26-19(25)15-12-23(22-21-15)16-4-2-3-5-17(16)27-18(24)11-8-13-6-9-14(20)10-7-13/h6-12,16-17H,2-5H2,1H3/b11-8+. The van der Waals surface area contributed by atoms with E-state index in [1.807, 2.05) is 0 Å². The van der Waals surface area contributed by atoms with Crippen LogP contribution in [0.1, 0.15) is 47.8 Å². The van der Waals surface area contributed by atoms with Gasteiger partial charge in [-0.2, -0.15) is 0 Å². The Labute approximate surface area is 155 Å². The SMILES string of the molecule is COC(=O)c1cn(C2CCCCC2OC(=O)/C=C/c2ccc(F)cc2)nn1. The van der Waals surface area contributed by atoms with E-state index in [0.717, 1.165) is 19.3 Å². The molecule has 0 radical (unpaired) electrons. The first-order valence-corrected chi connectivity index (χ1v) is 8.71. The van der Waals surface area contributed by atoms with Crippen molar-refractivity contribution >= 4 is 18.0 Å². The van der Waals surface area contributed by atoms with Crippen molar-refractivity contribution in [3.05, 3.63) is 53.6 Å². The van der Waals surface area contributed by atoms with E-state index in [0.29, 0.717) is 12.0 Å². The third-order valence-corrected chi connectivity index (χ3v) is 4.46. The lowest BCUT2D eigenvalue weighted by molar-refractivity contribution is -0.147. The first kappa shape index (κ1) is 18.8. The predicted molar refractivity (Wildman–Crippen MR) is 94.2 cm³/mol. The summed E-state index contributed by atoms with van der Waals surface area (Å²) in [7, 11) is 1.28. The van der Waals surface area contributed by atoms with Gasteiger partial charge in [-0.15, -0.1) is 5.10 Å². The highest BCUT2D eigenvalue weighted by Crippen LogP contribution is 2.30. The molecule has 1 aromatic carbocycles. The van der Waals surface area contributed by atoms with Crippen LogP contribution >= 0.6 is 0 Å². The largest absolute Gasteiger partial charge is 0.464 e. The third kappa shape index (κ3) is 4.78. The van der Waals surface area contributed by atoms with E-state index in [9.17, 15) is 14.0 Å². The molecular formula is C19H20FN3O4. The summed E-state index contributed by atoms with van der Waals surface area (Å²) < 4.78 is 24.7. The van der Waals surface area contributed by atoms with Gasteiger partial charge in [0.05, 0.1) is 19.3 Å². The maximum absolute atomic E-state index is 12.9. The molecular weight excluding hydrogens is 353 g/mol. The van der Waals surface area contributed by atoms with Crippen LogP contribution in [0.3, 0.4) is 0 Å². The van der Waals surface area contributed by atoms with Gasteiger partial charge in [0.25, 0.3) is 0 Å². The molecule has 1 heterocycles. The van der Waals surface area contributed by atoms with Crippen molar-refractivity contribution in [2.45, 2.75) is 37.8 Å². The summed E-state index contributed by atoms with van der Waals surface area (Å²) in [5.74, 6) is -1.38. The van der Waals surface area contributed by atoms with Crippen LogP contribution in [0.5, 0.6) is 0 Å². The zero-order valence-corrected chi connectivity index (χ0v) is 14.9. The highest BCUT2D eigenvalue weighted by molar-refractivity contribution is 5.87. The van der Waals surface area contributed by atoms with Crippen molar-refractivity contribution in [2.75, 3.05) is 7.11 Å². The molecule has 8 heteroatoms. The second kappa shape index (κ2) is 8.57. The van der Waals surface area contributed by atoms with Gasteiger partial charge in [-0.05, 0) is 43.0 Å². The maximum atomic E-state index is 12.9. The van der Waals surface area contributed by atoms with Crippen LogP contribution in [-0.4, -0.2) is 40.1 Å². The summed E-state index contributed by atoms with van der Waals surface area (Å²) in [5, 5.41) is 7.80. The second-order valence-electron chi connectivity index (χ2n) is 6.29. The summed E-state index contributed by atoms with van der Waals surface area (Å²) >= 11 is 0. The number of ether oxygens (including phenoxy) is 2. The number of methoxy groups -OCH3 is 1. The van der Waals surface area contributed by atoms with Crippen molar-refractivity contribution in [1.29, 1.82) is 0 Å². The fourth-order valence-corrected chi connectivity index (χ4v) is 3.08. The summed E-state index contributed by atoms with van der Waals surface area (Å²) in [6.07, 6.45) is 7.42. The fourth-order valence-electron chi connectivity index (χ4n) is 3.08. The van der Waals surface area contributed by atoms with Gasteiger partial charge in [-0.25, -0.2) is 18.7 Å². The molecule has 7 nitrogen and oxygen atoms in total. The number of hydrogen-bond acceptors (Lipinski definition) is 6. The average Bonchev–Trinajstić information content (AvgIpc) is 3.17. The molecule has 1 fully saturated rings. The number of esters is 2. The van der Waals surface area contributed by atoms with E-state index in [2.05, 4.69) is 15.0 Å². The Morgan fingerprint density at radius 2 is 1.96 bits per heavy atom. The number of hydrogen-bond donors (Lipinski definition) is 0. The first-order valence-electron chi connectivity index (χ1n) is 8.71. The van der Waals surface area contributed by atoms with Gasteiger partial charge in [0.2, 0.25) is 0 Å². The highest BCUT2D eigenvalue weighted by atomic mass is 19.1. The van der Waals surface area contributed by atoms with Crippen molar-refractivity contribution < 1.29 is 23.5 Å². The molecule has 0 amide bonds. The Morgan fingerprint density at radius 3 is 2.70 bits per heavy atom. The van der Waals surface area contributed by atoms with Crippen molar-refractivity contribution in [2.24, 2.45) is 0 Å². The van der Waals surface area contributed by atoms with E-state index in [-0.39, 0.29) is 23.7 Å². The second-order valence-corrected chi connectivity index (χ2v) is 6.29. The normalized spacial score (nSPS) is 19.8. The molecule has 1 aromatic heterocycles. The maximum Gasteiger partial charge on any atom is 0.360 e. The molecule has 0 N–H and O–H groups in total. The Kier molecular flexibility index (Phi) is 5.95. The van der Waals surface area contributed by atoms with E-state index in [1.165, 1.54) is 31.5 Å². The summed E-state index contributed by atoms with van der Waals surface area (Å²) in [5.41, 5.74) is 0.817. The number of carbonyl (C=O) groups is 2. The van der Waals surface area contributed by atoms with Crippen LogP contribution in [0.4, 0.5) is 4.39 Å². The number of aromatic nitrogens is 3. The van der Waals surface area contributed by atoms with Crippen molar-refractivity contribution in [1.82, 2.24) is 15.0 Å². The number of carbonyl (C=O) groups excluding carboxylic acids is 2. The Balaban J connectivity index is 1.66. The molecule has 2 unspecified atom stereocenters. The molecule has 1 aliphatic carbocycles. The van der Waals surface area contributed by atoms with Gasteiger partial charge in [-0.3, -0.25) is 0 Å². The van der Waals surface area contributed by atoms with Gasteiger partial charge in [0.1, 0.15) is 11.9 Å². The summed E-state index contributed by atoms with van der Waals surface area (Å²) in [6, 6.07) is 5.61. The lowest BCUT2D eigenvalue weighted by atomic mass is 9.92. The quantitative estimate of drug-likeness (QED) is 0.592. The molecule has 3 rings (SSSR count). The minimum absolute atomic E-state index is 0.115. The first-order chi connectivity index (χ1) is 13.1. The van der Waals surface area contributed by atoms with Crippen LogP contribution in [0, 0.1) is 5.82 Å². The summed E-state index contributed by atoms with van der Waals surface area (Å²) in [4.78, 5) is 23.7. The zero-order chi connectivity index (χ0) is 19.2. The minimum atomic E-state index is -0.562. The zero-order valence-electron chi connectivity index (χ0n) is 14.9. The molecule has 0 saturated heterocycles. The van der Waals surface area contributed by atoms with Crippen molar-refractivity contribution in [3.8, 4) is 0 Å². The summed E-state index contributed by atoms with van der Waals surface area (Å²) in [6.45, 7) is 0. The van der Waals surface area contributed by atoms with Crippen LogP contribution in [0.15, 0.2) is 36.5 Å². The molecule has 1 aliphatic rings. The molecule has 0 spiro atoms. The van der Waals surface area contributed by atoms with Gasteiger partial charge in [0, 0.05) is 6.08 Å². The Hall–Kier alpha value is -3.03. The third-order valence-electron chi connectivity index (χ3n) is 4.46. The van der Waals surface area contributed by atoms with Crippen LogP contribution in [-0.2, 0) is 14.3 Å². The van der Waals surface area contributed by atoms with Crippen LogP contribution in [0.25, 0.3) is 6.08 Å². The lowest BCUT2D eigenvalue weighted by Gasteiger charge is -2.30. The Bertz CT molecular complexity index is 832. The molecule has 142 valence electrons. The van der Waals surface area contributed by atoms with Crippen molar-refractivity contribution in [3.63, 3.8) is 0 Å². The fraction of sp³-hybridized carbons (Fsp3) is 0.368. The van der Waals surface area contributed by atoms with E-state index < -0.39 is 11.9 Å². The van der Waals surface area contributed by atoms with Crippen LogP contribution < -0.4 is 0 Å². The van der Waals surface area contributed by atoms with Gasteiger partial charge in [-0.1, -0.05) is 23.8 Å². The number of halogens is 1. The smallest absolute Gasteiger partial charge is 0.360 e. The number of benzene rings is 1. The molecule has 0 aliphatic heterocycles. The number of rotatable bonds is 5. The number of nitrogens with zero attached hydrogens (tertiary/aromatic N) is 3. The lowest BCUT2D eigenvalue weighted by Crippen LogP contribution is -2.32. The highest BCUT2D eigenvalue weighted by Gasteiger charge is 2.31. The molecule has 2 aromatic rings. The molecule has 2 atom stereocenters. The van der Waals surface area contributed by atoms with E-state index in [1.54, 1.807) is 22.9 Å². The monoisotopic (exact) mass is 373 g/mol. The predicted octanol–water partition coefficient (Wildman–Crippen LogP) is 2.94. The Morgan fingerprint density at radius 1 is 1.22 bits per heavy atom. The van der Waals surface area contributed by atoms with Gasteiger partial charge >= 0.3 is 11.9 Å². The molecule has 1 saturated carbocycles. The van der Waals surface area contributed by atoms with Gasteiger partial charge < -0.3 is 9.47 Å². The van der Waals surface area contributed by atoms with E-state index >= 15 is 0 Å². The topological polar surface area (TPSA) is 83.3 Å². The van der Waals surface area contributed by atoms with Gasteiger partial charge in [0.15, 0.2) is 5.69 Å². The van der Waals surface area contributed by atoms with E-state index in [4.69, 9.17) is 4.74 Å². The molecule has 27 heavy (non-hydrogen) atoms. The average molecular weight is 373 g/mol. The molecule has 0 bridgehead atoms. The minimum Gasteiger partial charge on any atom is -0.464 e. The van der Waals surface area contributed by atoms with Crippen LogP contribution in [0.2, 0.25) is 0 Å².